The van der Waals surface area contributed by atoms with Crippen molar-refractivity contribution in [2.24, 2.45) is 0 Å². The Morgan fingerprint density at radius 3 is 2.62 bits per heavy atom. The van der Waals surface area contributed by atoms with Crippen LogP contribution in [-0.2, 0) is 13.1 Å². The molecule has 0 aliphatic carbocycles. The van der Waals surface area contributed by atoms with Gasteiger partial charge in [0.1, 0.15) is 0 Å². The van der Waals surface area contributed by atoms with Crippen LogP contribution in [0.15, 0.2) is 36.4 Å². The van der Waals surface area contributed by atoms with Crippen molar-refractivity contribution in [2.75, 3.05) is 4.90 Å². The zero-order chi connectivity index (χ0) is 15.0. The molecule has 2 aromatic rings. The molecule has 0 saturated heterocycles. The molecule has 0 fully saturated rings. The van der Waals surface area contributed by atoms with Crippen LogP contribution in [0.3, 0.4) is 0 Å². The molecule has 1 aliphatic rings. The Hall–Kier alpha value is -2.51. The number of anilines is 1. The lowest BCUT2D eigenvalue weighted by atomic mass is 10.1. The number of carbonyl (C=O) groups is 1. The van der Waals surface area contributed by atoms with Crippen LogP contribution in [0, 0.1) is 11.3 Å². The predicted molar refractivity (Wildman–Crippen MR) is 79.5 cm³/mol. The van der Waals surface area contributed by atoms with Crippen molar-refractivity contribution in [1.82, 2.24) is 0 Å². The molecular formula is C16H11ClN2O2. The number of aromatic carboxylic acids is 1. The van der Waals surface area contributed by atoms with Gasteiger partial charge in [0.2, 0.25) is 0 Å². The molecule has 0 unspecified atom stereocenters. The van der Waals surface area contributed by atoms with Crippen LogP contribution >= 0.6 is 11.6 Å². The van der Waals surface area contributed by atoms with Crippen molar-refractivity contribution in [3.8, 4) is 6.07 Å². The van der Waals surface area contributed by atoms with Crippen molar-refractivity contribution >= 4 is 23.3 Å². The number of nitrogens with zero attached hydrogens (tertiary/aromatic N) is 2. The van der Waals surface area contributed by atoms with Gasteiger partial charge in [-0.3, -0.25) is 0 Å². The first kappa shape index (κ1) is 13.5. The van der Waals surface area contributed by atoms with Crippen molar-refractivity contribution in [3.05, 3.63) is 63.7 Å². The molecule has 0 aromatic heterocycles. The SMILES string of the molecule is N#Cc1ccc(N2Cc3ccc(C(=O)O)cc3C2)c(Cl)c1. The van der Waals surface area contributed by atoms with Crippen LogP contribution in [0.4, 0.5) is 5.69 Å². The molecular weight excluding hydrogens is 288 g/mol. The third-order valence-electron chi connectivity index (χ3n) is 3.59. The van der Waals surface area contributed by atoms with E-state index < -0.39 is 5.97 Å². The molecule has 4 nitrogen and oxygen atoms in total. The molecule has 2 aromatic carbocycles. The molecule has 1 heterocycles. The first-order valence-corrected chi connectivity index (χ1v) is 6.76. The maximum Gasteiger partial charge on any atom is 0.335 e. The average molecular weight is 299 g/mol. The van der Waals surface area contributed by atoms with Gasteiger partial charge < -0.3 is 10.0 Å². The molecule has 0 radical (unpaired) electrons. The number of hydrogen-bond donors (Lipinski definition) is 1. The fraction of sp³-hybridized carbons (Fsp3) is 0.125. The van der Waals surface area contributed by atoms with E-state index in [9.17, 15) is 4.79 Å². The Labute approximate surface area is 126 Å². The summed E-state index contributed by atoms with van der Waals surface area (Å²) in [7, 11) is 0. The maximum atomic E-state index is 11.0. The van der Waals surface area contributed by atoms with Crippen molar-refractivity contribution in [1.29, 1.82) is 5.26 Å². The lowest BCUT2D eigenvalue weighted by molar-refractivity contribution is 0.0697. The summed E-state index contributed by atoms with van der Waals surface area (Å²) in [4.78, 5) is 13.1. The highest BCUT2D eigenvalue weighted by Gasteiger charge is 2.22. The first-order valence-electron chi connectivity index (χ1n) is 6.38. The lowest BCUT2D eigenvalue weighted by Gasteiger charge is -2.19. The number of halogens is 1. The zero-order valence-electron chi connectivity index (χ0n) is 11.0. The van der Waals surface area contributed by atoms with Gasteiger partial charge in [-0.1, -0.05) is 17.7 Å². The third-order valence-corrected chi connectivity index (χ3v) is 3.90. The second-order valence-corrected chi connectivity index (χ2v) is 5.33. The largest absolute Gasteiger partial charge is 0.478 e. The number of nitriles is 1. The first-order chi connectivity index (χ1) is 10.1. The maximum absolute atomic E-state index is 11.0. The van der Waals surface area contributed by atoms with E-state index in [1.54, 1.807) is 24.3 Å². The number of fused-ring (bicyclic) bond motifs is 1. The van der Waals surface area contributed by atoms with Gasteiger partial charge in [0.15, 0.2) is 0 Å². The van der Waals surface area contributed by atoms with E-state index in [-0.39, 0.29) is 0 Å². The van der Waals surface area contributed by atoms with Crippen LogP contribution in [-0.4, -0.2) is 11.1 Å². The Bertz CT molecular complexity index is 780. The summed E-state index contributed by atoms with van der Waals surface area (Å²) >= 11 is 6.23. The number of hydrogen-bond acceptors (Lipinski definition) is 3. The molecule has 21 heavy (non-hydrogen) atoms. The molecule has 5 heteroatoms. The van der Waals surface area contributed by atoms with Gasteiger partial charge in [-0.15, -0.1) is 0 Å². The molecule has 0 bridgehead atoms. The molecule has 1 aliphatic heterocycles. The van der Waals surface area contributed by atoms with Gasteiger partial charge in [0, 0.05) is 13.1 Å². The van der Waals surface area contributed by atoms with E-state index in [0.717, 1.165) is 16.8 Å². The highest BCUT2D eigenvalue weighted by atomic mass is 35.5. The van der Waals surface area contributed by atoms with Gasteiger partial charge in [0.25, 0.3) is 0 Å². The van der Waals surface area contributed by atoms with E-state index in [2.05, 4.69) is 11.0 Å². The molecule has 1 N–H and O–H groups in total. The second-order valence-electron chi connectivity index (χ2n) is 4.92. The summed E-state index contributed by atoms with van der Waals surface area (Å²) in [5, 5.41) is 18.4. The van der Waals surface area contributed by atoms with Gasteiger partial charge in [-0.05, 0) is 41.5 Å². The fourth-order valence-corrected chi connectivity index (χ4v) is 2.83. The summed E-state index contributed by atoms with van der Waals surface area (Å²) in [6.07, 6.45) is 0. The van der Waals surface area contributed by atoms with Gasteiger partial charge in [0.05, 0.1) is 27.9 Å². The Kier molecular flexibility index (Phi) is 3.28. The minimum absolute atomic E-state index is 0.293. The Balaban J connectivity index is 1.91. The van der Waals surface area contributed by atoms with E-state index in [0.29, 0.717) is 29.2 Å². The topological polar surface area (TPSA) is 64.3 Å². The minimum atomic E-state index is -0.923. The van der Waals surface area contributed by atoms with Crippen molar-refractivity contribution < 1.29 is 9.90 Å². The van der Waals surface area contributed by atoms with E-state index in [4.69, 9.17) is 22.0 Å². The summed E-state index contributed by atoms with van der Waals surface area (Å²) < 4.78 is 0. The summed E-state index contributed by atoms with van der Waals surface area (Å²) in [6.45, 7) is 1.29. The van der Waals surface area contributed by atoms with Crippen molar-refractivity contribution in [2.45, 2.75) is 13.1 Å². The van der Waals surface area contributed by atoms with Crippen LogP contribution < -0.4 is 4.90 Å². The third kappa shape index (κ3) is 2.44. The monoisotopic (exact) mass is 298 g/mol. The normalized spacial score (nSPS) is 12.9. The predicted octanol–water partition coefficient (Wildman–Crippen LogP) is 3.43. The van der Waals surface area contributed by atoms with Gasteiger partial charge in [-0.25, -0.2) is 4.79 Å². The minimum Gasteiger partial charge on any atom is -0.478 e. The van der Waals surface area contributed by atoms with Gasteiger partial charge in [-0.2, -0.15) is 5.26 Å². The number of rotatable bonds is 2. The van der Waals surface area contributed by atoms with E-state index >= 15 is 0 Å². The molecule has 0 saturated carbocycles. The van der Waals surface area contributed by atoms with Crippen LogP contribution in [0.5, 0.6) is 0 Å². The highest BCUT2D eigenvalue weighted by Crippen LogP contribution is 2.34. The van der Waals surface area contributed by atoms with Crippen molar-refractivity contribution in [3.63, 3.8) is 0 Å². The standard InChI is InChI=1S/C16H11ClN2O2/c17-14-5-10(7-18)1-4-15(14)19-8-12-3-2-11(16(20)21)6-13(12)9-19/h1-6H,8-9H2,(H,20,21). The molecule has 3 rings (SSSR count). The zero-order valence-corrected chi connectivity index (χ0v) is 11.8. The summed E-state index contributed by atoms with van der Waals surface area (Å²) in [5.74, 6) is -0.923. The van der Waals surface area contributed by atoms with E-state index in [1.807, 2.05) is 12.1 Å². The molecule has 104 valence electrons. The van der Waals surface area contributed by atoms with Gasteiger partial charge >= 0.3 is 5.97 Å². The van der Waals surface area contributed by atoms with Crippen LogP contribution in [0.1, 0.15) is 27.0 Å². The molecule has 0 atom stereocenters. The second kappa shape index (κ2) is 5.12. The van der Waals surface area contributed by atoms with Crippen LogP contribution in [0.25, 0.3) is 0 Å². The Morgan fingerprint density at radius 1 is 1.19 bits per heavy atom. The van der Waals surface area contributed by atoms with Crippen LogP contribution in [0.2, 0.25) is 5.02 Å². The fourth-order valence-electron chi connectivity index (χ4n) is 2.53. The quantitative estimate of drug-likeness (QED) is 0.922. The number of benzene rings is 2. The average Bonchev–Trinajstić information content (AvgIpc) is 2.89. The number of carboxylic acids is 1. The molecule has 0 spiro atoms. The van der Waals surface area contributed by atoms with E-state index in [1.165, 1.54) is 0 Å². The smallest absolute Gasteiger partial charge is 0.335 e. The lowest BCUT2D eigenvalue weighted by Crippen LogP contribution is -2.14. The molecule has 0 amide bonds. The summed E-state index contributed by atoms with van der Waals surface area (Å²) in [6, 6.07) is 12.4. The number of carboxylic acid groups (broad SMARTS) is 1. The highest BCUT2D eigenvalue weighted by molar-refractivity contribution is 6.33. The Morgan fingerprint density at radius 2 is 1.95 bits per heavy atom. The summed E-state index contributed by atoms with van der Waals surface area (Å²) in [5.41, 5.74) is 3.76.